The van der Waals surface area contributed by atoms with Gasteiger partial charge < -0.3 is 5.32 Å². The fraction of sp³-hybridized carbons (Fsp3) is 0.0909. The topological polar surface area (TPSA) is 52.9 Å². The predicted octanol–water partition coefficient (Wildman–Crippen LogP) is 5.94. The largest absolute Gasteiger partial charge is 0.355 e. The Kier molecular flexibility index (Phi) is 5.25. The van der Waals surface area contributed by atoms with Crippen molar-refractivity contribution in [1.82, 2.24) is 0 Å². The summed E-state index contributed by atoms with van der Waals surface area (Å²) in [7, 11) is 0. The molecule has 3 aromatic rings. The lowest BCUT2D eigenvalue weighted by molar-refractivity contribution is 0.103. The third-order valence-corrected chi connectivity index (χ3v) is 4.53. The van der Waals surface area contributed by atoms with Crippen LogP contribution in [0.4, 0.5) is 15.8 Å². The van der Waals surface area contributed by atoms with Gasteiger partial charge in [-0.05, 0) is 67.9 Å². The highest BCUT2D eigenvalue weighted by Crippen LogP contribution is 2.28. The van der Waals surface area contributed by atoms with Crippen LogP contribution in [0.2, 0.25) is 5.02 Å². The molecule has 0 radical (unpaired) electrons. The molecule has 134 valence electrons. The summed E-state index contributed by atoms with van der Waals surface area (Å²) >= 11 is 6.34. The Labute approximate surface area is 162 Å². The van der Waals surface area contributed by atoms with Gasteiger partial charge >= 0.3 is 0 Å². The number of benzene rings is 3. The molecule has 1 N–H and O–H groups in total. The van der Waals surface area contributed by atoms with Crippen molar-refractivity contribution in [2.45, 2.75) is 13.8 Å². The molecule has 0 atom stereocenters. The zero-order valence-corrected chi connectivity index (χ0v) is 15.6. The molecule has 0 fully saturated rings. The Morgan fingerprint density at radius 1 is 1.04 bits per heavy atom. The molecule has 5 heteroatoms. The van der Waals surface area contributed by atoms with Crippen LogP contribution in [0.5, 0.6) is 0 Å². The van der Waals surface area contributed by atoms with Crippen LogP contribution in [0.1, 0.15) is 32.6 Å². The van der Waals surface area contributed by atoms with Gasteiger partial charge in [-0.3, -0.25) is 4.79 Å². The zero-order chi connectivity index (χ0) is 19.6. The minimum absolute atomic E-state index is 0.273. The van der Waals surface area contributed by atoms with E-state index in [1.54, 1.807) is 49.4 Å². The number of hydrogen-bond donors (Lipinski definition) is 1. The minimum Gasteiger partial charge on any atom is -0.355 e. The van der Waals surface area contributed by atoms with Gasteiger partial charge in [0.05, 0.1) is 16.7 Å². The van der Waals surface area contributed by atoms with E-state index in [-0.39, 0.29) is 16.6 Å². The van der Waals surface area contributed by atoms with E-state index in [0.717, 1.165) is 16.8 Å². The molecule has 0 aromatic heterocycles. The van der Waals surface area contributed by atoms with Crippen molar-refractivity contribution < 1.29 is 9.18 Å². The number of aryl methyl sites for hydroxylation is 2. The second-order valence-electron chi connectivity index (χ2n) is 6.27. The number of nitrogens with zero attached hydrogens (tertiary/aromatic N) is 1. The third-order valence-electron chi connectivity index (χ3n) is 4.22. The van der Waals surface area contributed by atoms with Gasteiger partial charge in [0.2, 0.25) is 0 Å². The molecule has 0 spiro atoms. The summed E-state index contributed by atoms with van der Waals surface area (Å²) < 4.78 is 13.2. The maximum atomic E-state index is 13.2. The van der Waals surface area contributed by atoms with Crippen molar-refractivity contribution in [2.24, 2.45) is 0 Å². The number of nitriles is 1. The van der Waals surface area contributed by atoms with Crippen LogP contribution in [0, 0.1) is 31.0 Å². The van der Waals surface area contributed by atoms with Gasteiger partial charge in [0.1, 0.15) is 5.82 Å². The normalized spacial score (nSPS) is 10.3. The molecule has 0 bridgehead atoms. The van der Waals surface area contributed by atoms with Crippen LogP contribution in [0.15, 0.2) is 54.6 Å². The summed E-state index contributed by atoms with van der Waals surface area (Å²) in [6.45, 7) is 3.66. The Hall–Kier alpha value is -3.16. The van der Waals surface area contributed by atoms with Gasteiger partial charge in [-0.15, -0.1) is 0 Å². The summed E-state index contributed by atoms with van der Waals surface area (Å²) in [6.07, 6.45) is 0. The number of carbonyl (C=O) groups is 1. The molecule has 3 nitrogen and oxygen atoms in total. The Morgan fingerprint density at radius 2 is 1.81 bits per heavy atom. The lowest BCUT2D eigenvalue weighted by atomic mass is 9.97. The highest BCUT2D eigenvalue weighted by atomic mass is 35.5. The molecule has 0 saturated carbocycles. The smallest absolute Gasteiger partial charge is 0.195 e. The highest BCUT2D eigenvalue weighted by Gasteiger charge is 2.17. The van der Waals surface area contributed by atoms with Crippen LogP contribution in [0.3, 0.4) is 0 Å². The van der Waals surface area contributed by atoms with Crippen molar-refractivity contribution >= 4 is 28.8 Å². The average Bonchev–Trinajstić information content (AvgIpc) is 2.63. The maximum Gasteiger partial charge on any atom is 0.195 e. The molecule has 0 heterocycles. The van der Waals surface area contributed by atoms with Crippen LogP contribution in [0.25, 0.3) is 0 Å². The molecular formula is C22H16ClFN2O. The van der Waals surface area contributed by atoms with Crippen LogP contribution in [-0.2, 0) is 0 Å². The molecule has 3 rings (SSSR count). The first-order valence-corrected chi connectivity index (χ1v) is 8.65. The fourth-order valence-electron chi connectivity index (χ4n) is 2.79. The van der Waals surface area contributed by atoms with E-state index in [2.05, 4.69) is 5.32 Å². The van der Waals surface area contributed by atoms with Crippen LogP contribution in [-0.4, -0.2) is 5.78 Å². The molecule has 0 amide bonds. The molecule has 0 unspecified atom stereocenters. The number of carbonyl (C=O) groups excluding carboxylic acids is 1. The molecule has 0 aliphatic carbocycles. The molecule has 0 saturated heterocycles. The van der Waals surface area contributed by atoms with E-state index in [1.807, 2.05) is 13.0 Å². The maximum absolute atomic E-state index is 13.2. The number of anilines is 2. The van der Waals surface area contributed by atoms with Crippen LogP contribution >= 0.6 is 11.6 Å². The molecular weight excluding hydrogens is 363 g/mol. The minimum atomic E-state index is -0.302. The monoisotopic (exact) mass is 378 g/mol. The van der Waals surface area contributed by atoms with E-state index >= 15 is 0 Å². The Bertz CT molecular complexity index is 1090. The standard InChI is InChI=1S/C22H16ClFN2O/c1-13-3-4-15(12-25)19(9-13)22(27)18-7-6-17(11-20(18)23)26-21-8-5-16(24)10-14(21)2/h3-11,26H,1-2H3. The van der Waals surface area contributed by atoms with Crippen molar-refractivity contribution in [3.05, 3.63) is 93.3 Å². The van der Waals surface area contributed by atoms with E-state index in [0.29, 0.717) is 22.4 Å². The van der Waals surface area contributed by atoms with Gasteiger partial charge in [0.15, 0.2) is 5.78 Å². The van der Waals surface area contributed by atoms with Crippen molar-refractivity contribution in [2.75, 3.05) is 5.32 Å². The van der Waals surface area contributed by atoms with Gasteiger partial charge in [-0.2, -0.15) is 5.26 Å². The fourth-order valence-corrected chi connectivity index (χ4v) is 3.05. The second-order valence-corrected chi connectivity index (χ2v) is 6.68. The summed E-state index contributed by atoms with van der Waals surface area (Å²) in [5.41, 5.74) is 4.02. The highest BCUT2D eigenvalue weighted by molar-refractivity contribution is 6.35. The van der Waals surface area contributed by atoms with E-state index in [1.165, 1.54) is 12.1 Å². The van der Waals surface area contributed by atoms with E-state index in [9.17, 15) is 14.4 Å². The van der Waals surface area contributed by atoms with Crippen molar-refractivity contribution in [3.8, 4) is 6.07 Å². The summed E-state index contributed by atoms with van der Waals surface area (Å²) in [6, 6.07) is 16.6. The SMILES string of the molecule is Cc1ccc(C#N)c(C(=O)c2ccc(Nc3ccc(F)cc3C)cc2Cl)c1. The van der Waals surface area contributed by atoms with E-state index < -0.39 is 0 Å². The summed E-state index contributed by atoms with van der Waals surface area (Å²) in [4.78, 5) is 12.9. The quantitative estimate of drug-likeness (QED) is 0.571. The van der Waals surface area contributed by atoms with Crippen molar-refractivity contribution in [3.63, 3.8) is 0 Å². The molecule has 27 heavy (non-hydrogen) atoms. The summed E-state index contributed by atoms with van der Waals surface area (Å²) in [5, 5.41) is 12.7. The molecule has 0 aliphatic heterocycles. The van der Waals surface area contributed by atoms with Gasteiger partial charge in [0.25, 0.3) is 0 Å². The average molecular weight is 379 g/mol. The third kappa shape index (κ3) is 3.99. The van der Waals surface area contributed by atoms with Gasteiger partial charge in [0, 0.05) is 22.5 Å². The number of ketones is 1. The second kappa shape index (κ2) is 7.61. The first kappa shape index (κ1) is 18.6. The number of nitrogens with one attached hydrogen (secondary N) is 1. The first-order valence-electron chi connectivity index (χ1n) is 8.27. The predicted molar refractivity (Wildman–Crippen MR) is 105 cm³/mol. The summed E-state index contributed by atoms with van der Waals surface area (Å²) in [5.74, 6) is -0.603. The number of halogens is 2. The Morgan fingerprint density at radius 3 is 2.48 bits per heavy atom. The molecule has 3 aromatic carbocycles. The first-order chi connectivity index (χ1) is 12.9. The van der Waals surface area contributed by atoms with Gasteiger partial charge in [-0.1, -0.05) is 23.2 Å². The number of rotatable bonds is 4. The van der Waals surface area contributed by atoms with Crippen molar-refractivity contribution in [1.29, 1.82) is 5.26 Å². The van der Waals surface area contributed by atoms with Gasteiger partial charge in [-0.25, -0.2) is 4.39 Å². The Balaban J connectivity index is 1.92. The lowest BCUT2D eigenvalue weighted by Gasteiger charge is -2.12. The lowest BCUT2D eigenvalue weighted by Crippen LogP contribution is -2.06. The zero-order valence-electron chi connectivity index (χ0n) is 14.8. The van der Waals surface area contributed by atoms with E-state index in [4.69, 9.17) is 11.6 Å². The van der Waals surface area contributed by atoms with Crippen LogP contribution < -0.4 is 5.32 Å². The number of hydrogen-bond acceptors (Lipinski definition) is 3. The molecule has 0 aliphatic rings.